The van der Waals surface area contributed by atoms with E-state index in [-0.39, 0.29) is 5.91 Å². The molecule has 2 aromatic carbocycles. The Kier molecular flexibility index (Phi) is 3.63. The zero-order valence-electron chi connectivity index (χ0n) is 12.9. The number of thiophene rings is 1. The lowest BCUT2D eigenvalue weighted by Crippen LogP contribution is -2.09. The maximum atomic E-state index is 12.2. The lowest BCUT2D eigenvalue weighted by atomic mass is 10.2. The van der Waals surface area contributed by atoms with Crippen LogP contribution >= 0.6 is 11.3 Å². The SMILES string of the molecule is Cc1ccc2oc(-c3cccc(NC(=O)c4cccs4)c3)nc2c1. The summed E-state index contributed by atoms with van der Waals surface area (Å²) in [6.07, 6.45) is 0. The van der Waals surface area contributed by atoms with Crippen LogP contribution in [0.1, 0.15) is 15.2 Å². The predicted molar refractivity (Wildman–Crippen MR) is 96.5 cm³/mol. The number of hydrogen-bond acceptors (Lipinski definition) is 4. The first-order chi connectivity index (χ1) is 11.7. The van der Waals surface area contributed by atoms with E-state index in [4.69, 9.17) is 4.42 Å². The second kappa shape index (κ2) is 5.94. The van der Waals surface area contributed by atoms with Crippen LogP contribution in [-0.4, -0.2) is 10.9 Å². The van der Waals surface area contributed by atoms with Crippen LogP contribution in [-0.2, 0) is 0 Å². The summed E-state index contributed by atoms with van der Waals surface area (Å²) < 4.78 is 5.82. The van der Waals surface area contributed by atoms with Gasteiger partial charge in [0, 0.05) is 11.3 Å². The molecule has 0 aliphatic carbocycles. The minimum absolute atomic E-state index is 0.115. The molecule has 0 unspecified atom stereocenters. The standard InChI is InChI=1S/C19H14N2O2S/c1-12-7-8-16-15(10-12)21-19(23-16)13-4-2-5-14(11-13)20-18(22)17-6-3-9-24-17/h2-11H,1H3,(H,20,22). The molecule has 0 fully saturated rings. The molecule has 1 N–H and O–H groups in total. The van der Waals surface area contributed by atoms with Gasteiger partial charge in [-0.15, -0.1) is 11.3 Å². The number of aromatic nitrogens is 1. The van der Waals surface area contributed by atoms with E-state index in [0.29, 0.717) is 16.5 Å². The second-order valence-electron chi connectivity index (χ2n) is 5.50. The van der Waals surface area contributed by atoms with Crippen molar-refractivity contribution in [1.29, 1.82) is 0 Å². The molecule has 4 aromatic rings. The van der Waals surface area contributed by atoms with Gasteiger partial charge in [-0.1, -0.05) is 18.2 Å². The molecule has 0 spiro atoms. The molecule has 4 rings (SSSR count). The number of aryl methyl sites for hydroxylation is 1. The lowest BCUT2D eigenvalue weighted by Gasteiger charge is -2.04. The van der Waals surface area contributed by atoms with Gasteiger partial charge in [0.1, 0.15) is 5.52 Å². The van der Waals surface area contributed by atoms with E-state index in [2.05, 4.69) is 10.3 Å². The summed E-state index contributed by atoms with van der Waals surface area (Å²) in [5.41, 5.74) is 4.26. The topological polar surface area (TPSA) is 55.1 Å². The van der Waals surface area contributed by atoms with E-state index in [1.165, 1.54) is 11.3 Å². The van der Waals surface area contributed by atoms with Crippen LogP contribution in [0.15, 0.2) is 64.4 Å². The van der Waals surface area contributed by atoms with Gasteiger partial charge in [-0.25, -0.2) is 4.98 Å². The van der Waals surface area contributed by atoms with E-state index in [1.54, 1.807) is 6.07 Å². The fourth-order valence-electron chi connectivity index (χ4n) is 2.49. The quantitative estimate of drug-likeness (QED) is 0.566. The molecule has 118 valence electrons. The third kappa shape index (κ3) is 2.81. The Morgan fingerprint density at radius 1 is 1.12 bits per heavy atom. The van der Waals surface area contributed by atoms with Gasteiger partial charge in [-0.05, 0) is 54.3 Å². The van der Waals surface area contributed by atoms with Crippen molar-refractivity contribution < 1.29 is 9.21 Å². The Bertz CT molecular complexity index is 1020. The minimum atomic E-state index is -0.115. The molecule has 0 radical (unpaired) electrons. The van der Waals surface area contributed by atoms with Gasteiger partial charge < -0.3 is 9.73 Å². The van der Waals surface area contributed by atoms with Crippen LogP contribution in [0.3, 0.4) is 0 Å². The van der Waals surface area contributed by atoms with E-state index in [1.807, 2.05) is 60.8 Å². The molecular weight excluding hydrogens is 320 g/mol. The largest absolute Gasteiger partial charge is 0.436 e. The first kappa shape index (κ1) is 14.7. The summed E-state index contributed by atoms with van der Waals surface area (Å²) in [5, 5.41) is 4.78. The van der Waals surface area contributed by atoms with E-state index in [0.717, 1.165) is 22.2 Å². The van der Waals surface area contributed by atoms with Crippen molar-refractivity contribution >= 4 is 34.0 Å². The number of anilines is 1. The molecule has 0 aliphatic heterocycles. The van der Waals surface area contributed by atoms with Crippen LogP contribution < -0.4 is 5.32 Å². The number of oxazole rings is 1. The molecule has 2 aromatic heterocycles. The third-order valence-electron chi connectivity index (χ3n) is 3.66. The van der Waals surface area contributed by atoms with E-state index in [9.17, 15) is 4.79 Å². The Morgan fingerprint density at radius 3 is 2.88 bits per heavy atom. The highest BCUT2D eigenvalue weighted by molar-refractivity contribution is 7.12. The Morgan fingerprint density at radius 2 is 2.04 bits per heavy atom. The summed E-state index contributed by atoms with van der Waals surface area (Å²) in [5.74, 6) is 0.429. The maximum Gasteiger partial charge on any atom is 0.265 e. The number of nitrogens with zero attached hydrogens (tertiary/aromatic N) is 1. The highest BCUT2D eigenvalue weighted by Gasteiger charge is 2.11. The predicted octanol–water partition coefficient (Wildman–Crippen LogP) is 5.12. The number of hydrogen-bond donors (Lipinski definition) is 1. The molecule has 0 saturated carbocycles. The minimum Gasteiger partial charge on any atom is -0.436 e. The van der Waals surface area contributed by atoms with Crippen molar-refractivity contribution in [3.8, 4) is 11.5 Å². The van der Waals surface area contributed by atoms with Crippen molar-refractivity contribution in [3.05, 3.63) is 70.4 Å². The van der Waals surface area contributed by atoms with Gasteiger partial charge >= 0.3 is 0 Å². The summed E-state index contributed by atoms with van der Waals surface area (Å²) >= 11 is 1.41. The molecule has 2 heterocycles. The first-order valence-electron chi connectivity index (χ1n) is 7.51. The number of benzene rings is 2. The fraction of sp³-hybridized carbons (Fsp3) is 0.0526. The van der Waals surface area contributed by atoms with E-state index < -0.39 is 0 Å². The van der Waals surface area contributed by atoms with Crippen LogP contribution in [0.25, 0.3) is 22.6 Å². The molecule has 0 bridgehead atoms. The summed E-state index contributed by atoms with van der Waals surface area (Å²) in [4.78, 5) is 17.4. The zero-order chi connectivity index (χ0) is 16.5. The van der Waals surface area contributed by atoms with Gasteiger partial charge in [0.25, 0.3) is 5.91 Å². The average molecular weight is 334 g/mol. The van der Waals surface area contributed by atoms with Crippen LogP contribution in [0.4, 0.5) is 5.69 Å². The van der Waals surface area contributed by atoms with Crippen LogP contribution in [0, 0.1) is 6.92 Å². The fourth-order valence-corrected chi connectivity index (χ4v) is 3.11. The molecule has 0 saturated heterocycles. The van der Waals surface area contributed by atoms with Crippen molar-refractivity contribution in [2.75, 3.05) is 5.32 Å². The summed E-state index contributed by atoms with van der Waals surface area (Å²) in [7, 11) is 0. The van der Waals surface area contributed by atoms with Gasteiger partial charge in [0.2, 0.25) is 5.89 Å². The summed E-state index contributed by atoms with van der Waals surface area (Å²) in [6.45, 7) is 2.02. The molecule has 4 nitrogen and oxygen atoms in total. The molecule has 5 heteroatoms. The van der Waals surface area contributed by atoms with Crippen molar-refractivity contribution in [1.82, 2.24) is 4.98 Å². The smallest absolute Gasteiger partial charge is 0.265 e. The highest BCUT2D eigenvalue weighted by Crippen LogP contribution is 2.27. The van der Waals surface area contributed by atoms with Crippen molar-refractivity contribution in [3.63, 3.8) is 0 Å². The third-order valence-corrected chi connectivity index (χ3v) is 4.52. The molecule has 0 atom stereocenters. The van der Waals surface area contributed by atoms with E-state index >= 15 is 0 Å². The zero-order valence-corrected chi connectivity index (χ0v) is 13.8. The molecule has 0 aliphatic rings. The van der Waals surface area contributed by atoms with Gasteiger partial charge in [-0.2, -0.15) is 0 Å². The second-order valence-corrected chi connectivity index (χ2v) is 6.45. The highest BCUT2D eigenvalue weighted by atomic mass is 32.1. The van der Waals surface area contributed by atoms with Crippen LogP contribution in [0.2, 0.25) is 0 Å². The Labute approximate surface area is 142 Å². The number of carbonyl (C=O) groups excluding carboxylic acids is 1. The Hall–Kier alpha value is -2.92. The van der Waals surface area contributed by atoms with Gasteiger partial charge in [0.05, 0.1) is 4.88 Å². The van der Waals surface area contributed by atoms with Gasteiger partial charge in [-0.3, -0.25) is 4.79 Å². The average Bonchev–Trinajstić information content (AvgIpc) is 3.24. The molecule has 24 heavy (non-hydrogen) atoms. The molecular formula is C19H14N2O2S. The lowest BCUT2D eigenvalue weighted by molar-refractivity contribution is 0.103. The molecule has 1 amide bonds. The monoisotopic (exact) mass is 334 g/mol. The number of nitrogens with one attached hydrogen (secondary N) is 1. The maximum absolute atomic E-state index is 12.2. The number of amides is 1. The number of carbonyl (C=O) groups is 1. The number of rotatable bonds is 3. The summed E-state index contributed by atoms with van der Waals surface area (Å²) in [6, 6.07) is 17.1. The first-order valence-corrected chi connectivity index (χ1v) is 8.39. The van der Waals surface area contributed by atoms with Gasteiger partial charge in [0.15, 0.2) is 5.58 Å². The Balaban J connectivity index is 1.65. The van der Waals surface area contributed by atoms with Crippen LogP contribution in [0.5, 0.6) is 0 Å². The number of fused-ring (bicyclic) bond motifs is 1. The van der Waals surface area contributed by atoms with Crippen molar-refractivity contribution in [2.24, 2.45) is 0 Å². The van der Waals surface area contributed by atoms with Crippen molar-refractivity contribution in [2.45, 2.75) is 6.92 Å². The normalized spacial score (nSPS) is 10.9.